The fraction of sp³-hybridized carbons (Fsp3) is 0.273. The van der Waals surface area contributed by atoms with Crippen LogP contribution in [0.3, 0.4) is 0 Å². The number of rotatable bonds is 0. The molecule has 12 heavy (non-hydrogen) atoms. The van der Waals surface area contributed by atoms with Crippen LogP contribution in [0.15, 0.2) is 22.6 Å². The minimum absolute atomic E-state index is 1.00. The molecule has 1 aromatic heterocycles. The lowest BCUT2D eigenvalue weighted by molar-refractivity contribution is 0.575. The Labute approximate surface area is 72.0 Å². The number of benzene rings is 1. The van der Waals surface area contributed by atoms with E-state index in [2.05, 4.69) is 19.9 Å². The highest BCUT2D eigenvalue weighted by Crippen LogP contribution is 2.26. The first kappa shape index (κ1) is 7.41. The zero-order valence-electron chi connectivity index (χ0n) is 7.64. The molecule has 0 spiro atoms. The molecule has 62 valence electrons. The Morgan fingerprint density at radius 1 is 1.08 bits per heavy atom. The number of hydrogen-bond acceptors (Lipinski definition) is 1. The van der Waals surface area contributed by atoms with Crippen molar-refractivity contribution in [1.29, 1.82) is 0 Å². The van der Waals surface area contributed by atoms with Gasteiger partial charge in [-0.15, -0.1) is 0 Å². The molecule has 0 aliphatic heterocycles. The molecule has 0 saturated carbocycles. The quantitative estimate of drug-likeness (QED) is 0.576. The molecule has 0 radical (unpaired) electrons. The number of furan rings is 1. The van der Waals surface area contributed by atoms with E-state index < -0.39 is 0 Å². The third-order valence-corrected chi connectivity index (χ3v) is 2.40. The van der Waals surface area contributed by atoms with E-state index in [1.54, 1.807) is 0 Å². The Morgan fingerprint density at radius 2 is 1.83 bits per heavy atom. The van der Waals surface area contributed by atoms with E-state index in [1.165, 1.54) is 16.5 Å². The van der Waals surface area contributed by atoms with Crippen molar-refractivity contribution in [3.8, 4) is 0 Å². The van der Waals surface area contributed by atoms with Gasteiger partial charge in [-0.2, -0.15) is 0 Å². The van der Waals surface area contributed by atoms with Crippen molar-refractivity contribution in [2.45, 2.75) is 20.8 Å². The van der Waals surface area contributed by atoms with E-state index in [4.69, 9.17) is 4.42 Å². The van der Waals surface area contributed by atoms with Gasteiger partial charge in [0.2, 0.25) is 0 Å². The van der Waals surface area contributed by atoms with Crippen molar-refractivity contribution in [3.05, 3.63) is 35.1 Å². The average Bonchev–Trinajstić information content (AvgIpc) is 2.29. The second kappa shape index (κ2) is 2.37. The van der Waals surface area contributed by atoms with Crippen LogP contribution in [0.5, 0.6) is 0 Å². The third kappa shape index (κ3) is 0.860. The second-order valence-corrected chi connectivity index (χ2v) is 3.23. The van der Waals surface area contributed by atoms with E-state index >= 15 is 0 Å². The maximum absolute atomic E-state index is 5.58. The molecule has 2 rings (SSSR count). The summed E-state index contributed by atoms with van der Waals surface area (Å²) >= 11 is 0. The van der Waals surface area contributed by atoms with Crippen molar-refractivity contribution in [2.24, 2.45) is 0 Å². The molecule has 0 aliphatic rings. The maximum atomic E-state index is 5.58. The molecular weight excluding hydrogens is 148 g/mol. The van der Waals surface area contributed by atoms with Gasteiger partial charge in [0, 0.05) is 5.39 Å². The highest BCUT2D eigenvalue weighted by Gasteiger charge is 2.07. The topological polar surface area (TPSA) is 13.1 Å². The Morgan fingerprint density at radius 3 is 2.50 bits per heavy atom. The van der Waals surface area contributed by atoms with Gasteiger partial charge in [-0.3, -0.25) is 0 Å². The van der Waals surface area contributed by atoms with Crippen molar-refractivity contribution >= 4 is 11.0 Å². The molecule has 1 nitrogen and oxygen atoms in total. The van der Waals surface area contributed by atoms with E-state index in [0.29, 0.717) is 0 Å². The summed E-state index contributed by atoms with van der Waals surface area (Å²) < 4.78 is 5.58. The molecule has 0 saturated heterocycles. The van der Waals surface area contributed by atoms with Gasteiger partial charge in [0.25, 0.3) is 0 Å². The van der Waals surface area contributed by atoms with Crippen molar-refractivity contribution < 1.29 is 4.42 Å². The first-order valence-electron chi connectivity index (χ1n) is 4.15. The average molecular weight is 160 g/mol. The zero-order valence-corrected chi connectivity index (χ0v) is 7.64. The van der Waals surface area contributed by atoms with E-state index in [9.17, 15) is 0 Å². The molecule has 0 atom stereocenters. The lowest BCUT2D eigenvalue weighted by Gasteiger charge is -1.93. The fourth-order valence-electron chi connectivity index (χ4n) is 1.62. The maximum Gasteiger partial charge on any atom is 0.134 e. The van der Waals surface area contributed by atoms with Gasteiger partial charge in [-0.1, -0.05) is 12.1 Å². The van der Waals surface area contributed by atoms with Gasteiger partial charge in [-0.25, -0.2) is 0 Å². The van der Waals surface area contributed by atoms with Crippen LogP contribution >= 0.6 is 0 Å². The normalized spacial score (nSPS) is 10.9. The molecule has 0 bridgehead atoms. The summed E-state index contributed by atoms with van der Waals surface area (Å²) in [6.07, 6.45) is 0. The minimum Gasteiger partial charge on any atom is -0.461 e. The Hall–Kier alpha value is -1.24. The van der Waals surface area contributed by atoms with Crippen LogP contribution in [0.1, 0.15) is 16.9 Å². The predicted molar refractivity (Wildman–Crippen MR) is 50.4 cm³/mol. The standard InChI is InChI=1S/C11H12O/c1-7-5-4-6-10-11(7)8(2)9(3)12-10/h4-6H,1-3H3. The molecule has 0 aliphatic carbocycles. The first-order valence-corrected chi connectivity index (χ1v) is 4.15. The lowest BCUT2D eigenvalue weighted by atomic mass is 10.1. The monoisotopic (exact) mass is 160 g/mol. The fourth-order valence-corrected chi connectivity index (χ4v) is 1.62. The highest BCUT2D eigenvalue weighted by molar-refractivity contribution is 5.85. The van der Waals surface area contributed by atoms with E-state index in [0.717, 1.165) is 11.3 Å². The second-order valence-electron chi connectivity index (χ2n) is 3.23. The van der Waals surface area contributed by atoms with Gasteiger partial charge in [0.1, 0.15) is 11.3 Å². The highest BCUT2D eigenvalue weighted by atomic mass is 16.3. The van der Waals surface area contributed by atoms with Crippen LogP contribution in [0.4, 0.5) is 0 Å². The summed E-state index contributed by atoms with van der Waals surface area (Å²) in [7, 11) is 0. The van der Waals surface area contributed by atoms with Gasteiger partial charge < -0.3 is 4.42 Å². The van der Waals surface area contributed by atoms with Crippen LogP contribution < -0.4 is 0 Å². The third-order valence-electron chi connectivity index (χ3n) is 2.40. The molecule has 1 heterocycles. The molecule has 2 aromatic rings. The molecule has 0 amide bonds. The van der Waals surface area contributed by atoms with Crippen LogP contribution in [0.2, 0.25) is 0 Å². The number of hydrogen-bond donors (Lipinski definition) is 0. The summed E-state index contributed by atoms with van der Waals surface area (Å²) in [5.74, 6) is 1.03. The summed E-state index contributed by atoms with van der Waals surface area (Å²) in [5.41, 5.74) is 3.56. The van der Waals surface area contributed by atoms with E-state index in [-0.39, 0.29) is 0 Å². The Balaban J connectivity index is 2.97. The largest absolute Gasteiger partial charge is 0.461 e. The van der Waals surface area contributed by atoms with Gasteiger partial charge >= 0.3 is 0 Å². The summed E-state index contributed by atoms with van der Waals surface area (Å²) in [6, 6.07) is 6.16. The van der Waals surface area contributed by atoms with Crippen LogP contribution in [0, 0.1) is 20.8 Å². The van der Waals surface area contributed by atoms with E-state index in [1.807, 2.05) is 19.1 Å². The van der Waals surface area contributed by atoms with Crippen molar-refractivity contribution in [1.82, 2.24) is 0 Å². The minimum atomic E-state index is 1.00. The molecule has 0 fully saturated rings. The zero-order chi connectivity index (χ0) is 8.72. The van der Waals surface area contributed by atoms with Crippen LogP contribution in [-0.4, -0.2) is 0 Å². The predicted octanol–water partition coefficient (Wildman–Crippen LogP) is 3.36. The SMILES string of the molecule is Cc1oc2cccc(C)c2c1C. The van der Waals surface area contributed by atoms with Crippen LogP contribution in [-0.2, 0) is 0 Å². The molecule has 1 aromatic carbocycles. The smallest absolute Gasteiger partial charge is 0.134 e. The first-order chi connectivity index (χ1) is 5.70. The van der Waals surface area contributed by atoms with Gasteiger partial charge in [0.05, 0.1) is 0 Å². The number of fused-ring (bicyclic) bond motifs is 1. The molecule has 0 unspecified atom stereocenters. The molecule has 0 N–H and O–H groups in total. The Bertz CT molecular complexity index is 424. The van der Waals surface area contributed by atoms with Crippen LogP contribution in [0.25, 0.3) is 11.0 Å². The summed E-state index contributed by atoms with van der Waals surface area (Å²) in [5, 5.41) is 1.27. The Kier molecular flexibility index (Phi) is 1.47. The molecule has 1 heteroatoms. The van der Waals surface area contributed by atoms with Crippen molar-refractivity contribution in [2.75, 3.05) is 0 Å². The van der Waals surface area contributed by atoms with Crippen molar-refractivity contribution in [3.63, 3.8) is 0 Å². The number of aryl methyl sites for hydroxylation is 3. The lowest BCUT2D eigenvalue weighted by Crippen LogP contribution is -1.75. The summed E-state index contributed by atoms with van der Waals surface area (Å²) in [4.78, 5) is 0. The van der Waals surface area contributed by atoms with Gasteiger partial charge in [0.15, 0.2) is 0 Å². The molecular formula is C11H12O. The summed E-state index contributed by atoms with van der Waals surface area (Å²) in [6.45, 7) is 6.23. The van der Waals surface area contributed by atoms with Gasteiger partial charge in [-0.05, 0) is 38.0 Å².